The SMILES string of the molecule is CCCC/C=C\C/C=C\C/C=C\CCCCC(CCCCCCCC/C=C\C/C=C\CCCCC)(OC)ONNC. The minimum atomic E-state index is -0.560. The van der Waals surface area contributed by atoms with Crippen LogP contribution >= 0.6 is 0 Å². The molecule has 41 heavy (non-hydrogen) atoms. The van der Waals surface area contributed by atoms with Crippen molar-refractivity contribution in [1.29, 1.82) is 0 Å². The second kappa shape index (κ2) is 33.0. The van der Waals surface area contributed by atoms with Crippen molar-refractivity contribution in [3.63, 3.8) is 0 Å². The maximum Gasteiger partial charge on any atom is 0.188 e. The minimum Gasteiger partial charge on any atom is -0.352 e. The zero-order valence-corrected chi connectivity index (χ0v) is 27.6. The first-order valence-electron chi connectivity index (χ1n) is 17.1. The summed E-state index contributed by atoms with van der Waals surface area (Å²) < 4.78 is 5.91. The minimum absolute atomic E-state index is 0.560. The lowest BCUT2D eigenvalue weighted by molar-refractivity contribution is -0.270. The van der Waals surface area contributed by atoms with Gasteiger partial charge in [-0.25, -0.2) is 5.43 Å². The molecule has 1 unspecified atom stereocenters. The highest BCUT2D eigenvalue weighted by Gasteiger charge is 2.30. The van der Waals surface area contributed by atoms with Gasteiger partial charge in [-0.3, -0.25) is 4.84 Å². The summed E-state index contributed by atoms with van der Waals surface area (Å²) in [6.07, 6.45) is 49.2. The molecule has 0 saturated heterocycles. The zero-order valence-electron chi connectivity index (χ0n) is 27.6. The first kappa shape index (κ1) is 39.5. The second-order valence-corrected chi connectivity index (χ2v) is 11.2. The molecule has 0 aromatic heterocycles. The molecule has 0 saturated carbocycles. The average molecular weight is 573 g/mol. The van der Waals surface area contributed by atoms with Crippen molar-refractivity contribution >= 4 is 0 Å². The van der Waals surface area contributed by atoms with Crippen LogP contribution in [0.15, 0.2) is 60.8 Å². The molecular weight excluding hydrogens is 504 g/mol. The van der Waals surface area contributed by atoms with Crippen molar-refractivity contribution in [1.82, 2.24) is 11.0 Å². The van der Waals surface area contributed by atoms with Crippen LogP contribution in [0.5, 0.6) is 0 Å². The highest BCUT2D eigenvalue weighted by molar-refractivity contribution is 4.97. The predicted molar refractivity (Wildman–Crippen MR) is 182 cm³/mol. The van der Waals surface area contributed by atoms with Crippen LogP contribution in [0.4, 0.5) is 0 Å². The molecular formula is C37H68N2O2. The molecule has 1 atom stereocenters. The van der Waals surface area contributed by atoms with E-state index in [4.69, 9.17) is 9.57 Å². The van der Waals surface area contributed by atoms with E-state index < -0.39 is 5.79 Å². The predicted octanol–water partition coefficient (Wildman–Crippen LogP) is 11.4. The van der Waals surface area contributed by atoms with E-state index in [-0.39, 0.29) is 0 Å². The highest BCUT2D eigenvalue weighted by atomic mass is 16.8. The van der Waals surface area contributed by atoms with E-state index in [1.165, 1.54) is 83.5 Å². The van der Waals surface area contributed by atoms with Gasteiger partial charge in [0.05, 0.1) is 0 Å². The monoisotopic (exact) mass is 573 g/mol. The number of hydrogen-bond donors (Lipinski definition) is 2. The number of ether oxygens (including phenoxy) is 1. The van der Waals surface area contributed by atoms with E-state index >= 15 is 0 Å². The Morgan fingerprint density at radius 1 is 0.488 bits per heavy atom. The molecule has 0 heterocycles. The van der Waals surface area contributed by atoms with Gasteiger partial charge >= 0.3 is 0 Å². The summed E-state index contributed by atoms with van der Waals surface area (Å²) in [5.74, 6) is -0.560. The van der Waals surface area contributed by atoms with Crippen LogP contribution in [-0.2, 0) is 9.57 Å². The number of hydrogen-bond acceptors (Lipinski definition) is 4. The van der Waals surface area contributed by atoms with Gasteiger partial charge in [0, 0.05) is 27.0 Å². The van der Waals surface area contributed by atoms with Crippen molar-refractivity contribution in [3.05, 3.63) is 60.8 Å². The Kier molecular flexibility index (Phi) is 31.9. The van der Waals surface area contributed by atoms with Crippen molar-refractivity contribution in [3.8, 4) is 0 Å². The number of rotatable bonds is 31. The van der Waals surface area contributed by atoms with Crippen LogP contribution in [0.1, 0.15) is 155 Å². The van der Waals surface area contributed by atoms with Crippen LogP contribution < -0.4 is 11.0 Å². The molecule has 0 bridgehead atoms. The van der Waals surface area contributed by atoms with Crippen LogP contribution in [-0.4, -0.2) is 19.9 Å². The Morgan fingerprint density at radius 3 is 1.37 bits per heavy atom. The van der Waals surface area contributed by atoms with E-state index in [1.54, 1.807) is 7.11 Å². The molecule has 0 aliphatic rings. The Bertz CT molecular complexity index is 668. The summed E-state index contributed by atoms with van der Waals surface area (Å²) in [6, 6.07) is 0. The van der Waals surface area contributed by atoms with Gasteiger partial charge in [0.15, 0.2) is 5.79 Å². The standard InChI is InChI=1S/C37H68N2O2/c1-5-7-9-11-13-15-17-19-21-22-24-26-28-30-32-34-36-37(40-4,41-39-38-3)35-33-31-29-27-25-23-20-18-16-14-12-10-8-6-2/h12-15,18-21,25,27,38-39H,5-11,16-17,22-24,26,28-36H2,1-4H3/b14-12-,15-13-,20-18-,21-19-,27-25-. The number of allylic oxidation sites excluding steroid dienone is 10. The smallest absolute Gasteiger partial charge is 0.188 e. The van der Waals surface area contributed by atoms with Crippen molar-refractivity contribution in [2.24, 2.45) is 0 Å². The Balaban J connectivity index is 3.98. The maximum absolute atomic E-state index is 5.94. The van der Waals surface area contributed by atoms with Crippen LogP contribution in [0.3, 0.4) is 0 Å². The van der Waals surface area contributed by atoms with Gasteiger partial charge in [-0.1, -0.05) is 126 Å². The molecule has 4 nitrogen and oxygen atoms in total. The number of methoxy groups -OCH3 is 1. The molecule has 4 heteroatoms. The fraction of sp³-hybridized carbons (Fsp3) is 0.730. The second-order valence-electron chi connectivity index (χ2n) is 11.2. The molecule has 0 rings (SSSR count). The lowest BCUT2D eigenvalue weighted by atomic mass is 9.99. The molecule has 238 valence electrons. The summed E-state index contributed by atoms with van der Waals surface area (Å²) in [7, 11) is 3.60. The van der Waals surface area contributed by atoms with Crippen LogP contribution in [0, 0.1) is 0 Å². The summed E-state index contributed by atoms with van der Waals surface area (Å²) in [4.78, 5) is 5.94. The molecule has 2 N–H and O–H groups in total. The molecule has 0 aliphatic carbocycles. The molecule has 0 fully saturated rings. The van der Waals surface area contributed by atoms with Gasteiger partial charge in [-0.05, 0) is 77.0 Å². The van der Waals surface area contributed by atoms with E-state index in [9.17, 15) is 0 Å². The Labute approximate surface area is 256 Å². The van der Waals surface area contributed by atoms with Gasteiger partial charge in [0.25, 0.3) is 0 Å². The molecule has 0 amide bonds. The van der Waals surface area contributed by atoms with E-state index in [0.29, 0.717) is 0 Å². The van der Waals surface area contributed by atoms with Crippen molar-refractivity contribution < 1.29 is 9.57 Å². The average Bonchev–Trinajstić information content (AvgIpc) is 2.99. The normalized spacial score (nSPS) is 14.1. The number of hydrazine groups is 1. The zero-order chi connectivity index (χ0) is 30.0. The summed E-state index contributed by atoms with van der Waals surface area (Å²) in [6.45, 7) is 4.50. The highest BCUT2D eigenvalue weighted by Crippen LogP contribution is 2.27. The van der Waals surface area contributed by atoms with Crippen molar-refractivity contribution in [2.75, 3.05) is 14.2 Å². The maximum atomic E-state index is 5.94. The van der Waals surface area contributed by atoms with E-state index in [0.717, 1.165) is 57.8 Å². The van der Waals surface area contributed by atoms with Gasteiger partial charge in [0.1, 0.15) is 0 Å². The fourth-order valence-electron chi connectivity index (χ4n) is 4.76. The van der Waals surface area contributed by atoms with E-state index in [2.05, 4.69) is 85.6 Å². The number of unbranched alkanes of at least 4 members (excludes halogenated alkanes) is 13. The quantitative estimate of drug-likeness (QED) is 0.0375. The third-order valence-electron chi connectivity index (χ3n) is 7.42. The van der Waals surface area contributed by atoms with E-state index in [1.807, 2.05) is 7.05 Å². The van der Waals surface area contributed by atoms with Gasteiger partial charge in [0.2, 0.25) is 0 Å². The Morgan fingerprint density at radius 2 is 0.878 bits per heavy atom. The first-order valence-corrected chi connectivity index (χ1v) is 17.1. The summed E-state index contributed by atoms with van der Waals surface area (Å²) in [5.41, 5.74) is 5.71. The van der Waals surface area contributed by atoms with Gasteiger partial charge in [-0.2, -0.15) is 0 Å². The lowest BCUT2D eigenvalue weighted by Gasteiger charge is -2.32. The molecule has 0 aromatic carbocycles. The fourth-order valence-corrected chi connectivity index (χ4v) is 4.76. The largest absolute Gasteiger partial charge is 0.352 e. The summed E-state index contributed by atoms with van der Waals surface area (Å²) >= 11 is 0. The topological polar surface area (TPSA) is 42.5 Å². The molecule has 0 spiro atoms. The summed E-state index contributed by atoms with van der Waals surface area (Å²) in [5, 5.41) is 0. The molecule has 0 aromatic rings. The first-order chi connectivity index (χ1) is 20.2. The van der Waals surface area contributed by atoms with Crippen molar-refractivity contribution in [2.45, 2.75) is 161 Å². The molecule has 0 aliphatic heterocycles. The Hall–Kier alpha value is -1.46. The van der Waals surface area contributed by atoms with Gasteiger partial charge in [-0.15, -0.1) is 5.59 Å². The molecule has 0 radical (unpaired) electrons. The number of nitrogens with one attached hydrogen (secondary N) is 2. The van der Waals surface area contributed by atoms with Crippen LogP contribution in [0.2, 0.25) is 0 Å². The van der Waals surface area contributed by atoms with Gasteiger partial charge < -0.3 is 4.74 Å². The van der Waals surface area contributed by atoms with Crippen LogP contribution in [0.25, 0.3) is 0 Å². The third kappa shape index (κ3) is 28.4. The third-order valence-corrected chi connectivity index (χ3v) is 7.42. The lowest BCUT2D eigenvalue weighted by Crippen LogP contribution is -2.44.